The second-order valence-corrected chi connectivity index (χ2v) is 8.54. The average Bonchev–Trinajstić information content (AvgIpc) is 3.27. The van der Waals surface area contributed by atoms with Crippen LogP contribution in [-0.4, -0.2) is 51.8 Å². The number of benzene rings is 1. The molecule has 1 aliphatic heterocycles. The van der Waals surface area contributed by atoms with Gasteiger partial charge in [-0.1, -0.05) is 23.4 Å². The number of nitrogens with one attached hydrogen (secondary N) is 1. The van der Waals surface area contributed by atoms with Gasteiger partial charge in [0, 0.05) is 24.7 Å². The van der Waals surface area contributed by atoms with E-state index in [4.69, 9.17) is 26.8 Å². The first-order valence-electron chi connectivity index (χ1n) is 9.87. The highest BCUT2D eigenvalue weighted by Gasteiger charge is 2.23. The molecule has 31 heavy (non-hydrogen) atoms. The molecule has 3 aromatic rings. The van der Waals surface area contributed by atoms with E-state index < -0.39 is 0 Å². The number of aliphatic hydroxyl groups excluding tert-OH is 2. The van der Waals surface area contributed by atoms with Crippen LogP contribution >= 0.6 is 22.9 Å². The maximum absolute atomic E-state index is 12.4. The Labute approximate surface area is 188 Å². The number of aromatic nitrogens is 2. The Bertz CT molecular complexity index is 1160. The quantitative estimate of drug-likeness (QED) is 0.522. The largest absolute Gasteiger partial charge is 0.392 e. The van der Waals surface area contributed by atoms with Crippen molar-refractivity contribution in [2.24, 2.45) is 0 Å². The molecule has 7 nitrogen and oxygen atoms in total. The molecule has 2 aromatic heterocycles. The van der Waals surface area contributed by atoms with Crippen LogP contribution in [0.25, 0.3) is 11.0 Å². The molecule has 1 aliphatic rings. The highest BCUT2D eigenvalue weighted by atomic mass is 35.5. The van der Waals surface area contributed by atoms with E-state index in [0.717, 1.165) is 37.3 Å². The first-order chi connectivity index (χ1) is 15.1. The molecular formula is C22H21ClN4O3S. The van der Waals surface area contributed by atoms with Crippen molar-refractivity contribution in [3.63, 3.8) is 0 Å². The van der Waals surface area contributed by atoms with Gasteiger partial charge in [0.25, 0.3) is 5.91 Å². The van der Waals surface area contributed by atoms with Crippen molar-refractivity contribution in [3.8, 4) is 11.8 Å². The molecule has 4 rings (SSSR count). The van der Waals surface area contributed by atoms with Crippen LogP contribution in [0.15, 0.2) is 29.8 Å². The van der Waals surface area contributed by atoms with Crippen LogP contribution in [0.4, 0.5) is 5.82 Å². The van der Waals surface area contributed by atoms with E-state index in [2.05, 4.69) is 27.0 Å². The molecule has 0 radical (unpaired) electrons. The van der Waals surface area contributed by atoms with Crippen molar-refractivity contribution in [1.82, 2.24) is 15.3 Å². The molecule has 3 N–H and O–H groups in total. The molecule has 0 unspecified atom stereocenters. The topological polar surface area (TPSA) is 98.6 Å². The molecule has 0 spiro atoms. The van der Waals surface area contributed by atoms with E-state index in [1.807, 2.05) is 0 Å². The van der Waals surface area contributed by atoms with Gasteiger partial charge in [-0.15, -0.1) is 11.3 Å². The van der Waals surface area contributed by atoms with Crippen molar-refractivity contribution in [3.05, 3.63) is 50.8 Å². The summed E-state index contributed by atoms with van der Waals surface area (Å²) in [6.45, 7) is 1.21. The van der Waals surface area contributed by atoms with Gasteiger partial charge < -0.3 is 20.4 Å². The summed E-state index contributed by atoms with van der Waals surface area (Å²) < 4.78 is 0. The van der Waals surface area contributed by atoms with Crippen LogP contribution in [0.5, 0.6) is 0 Å². The highest BCUT2D eigenvalue weighted by molar-refractivity contribution is 7.12. The Hall–Kier alpha value is -2.70. The summed E-state index contributed by atoms with van der Waals surface area (Å²) in [6.07, 6.45) is 3.34. The van der Waals surface area contributed by atoms with Crippen LogP contribution < -0.4 is 10.2 Å². The lowest BCUT2D eigenvalue weighted by atomic mass is 10.0. The van der Waals surface area contributed by atoms with Crippen molar-refractivity contribution in [1.29, 1.82) is 0 Å². The van der Waals surface area contributed by atoms with Gasteiger partial charge in [-0.2, -0.15) is 0 Å². The zero-order chi connectivity index (χ0) is 21.8. The van der Waals surface area contributed by atoms with Crippen LogP contribution in [0, 0.1) is 11.8 Å². The van der Waals surface area contributed by atoms with Gasteiger partial charge in [-0.25, -0.2) is 4.98 Å². The predicted molar refractivity (Wildman–Crippen MR) is 121 cm³/mol. The van der Waals surface area contributed by atoms with E-state index in [1.165, 1.54) is 11.3 Å². The maximum atomic E-state index is 12.4. The van der Waals surface area contributed by atoms with Crippen molar-refractivity contribution in [2.75, 3.05) is 24.6 Å². The zero-order valence-corrected chi connectivity index (χ0v) is 18.2. The second kappa shape index (κ2) is 9.62. The summed E-state index contributed by atoms with van der Waals surface area (Å²) >= 11 is 7.57. The van der Waals surface area contributed by atoms with Gasteiger partial charge in [0.2, 0.25) is 0 Å². The van der Waals surface area contributed by atoms with Crippen LogP contribution in [0.2, 0.25) is 5.02 Å². The molecular weight excluding hydrogens is 436 g/mol. The van der Waals surface area contributed by atoms with E-state index in [9.17, 15) is 4.79 Å². The number of hydrogen-bond acceptors (Lipinski definition) is 7. The van der Waals surface area contributed by atoms with Gasteiger partial charge in [-0.05, 0) is 42.0 Å². The number of thiophene rings is 1. The summed E-state index contributed by atoms with van der Waals surface area (Å²) in [5.41, 5.74) is 2.74. The fourth-order valence-electron chi connectivity index (χ4n) is 3.49. The number of fused-ring (bicyclic) bond motifs is 1. The fraction of sp³-hybridized carbons (Fsp3) is 0.318. The SMILES string of the molecule is O=C(NC1CCN(c2cnc3cc(Cl)c(C#CCO)cc3n2)CC1)c1cc(CO)cs1. The van der Waals surface area contributed by atoms with Crippen molar-refractivity contribution >= 4 is 45.7 Å². The minimum absolute atomic E-state index is 0.0589. The Morgan fingerprint density at radius 3 is 2.77 bits per heavy atom. The number of aliphatic hydroxyl groups is 2. The monoisotopic (exact) mass is 456 g/mol. The van der Waals surface area contributed by atoms with E-state index in [0.29, 0.717) is 26.5 Å². The summed E-state index contributed by atoms with van der Waals surface area (Å²) in [5.74, 6) is 6.11. The molecule has 0 bridgehead atoms. The summed E-state index contributed by atoms with van der Waals surface area (Å²) in [7, 11) is 0. The van der Waals surface area contributed by atoms with Crippen LogP contribution in [0.3, 0.4) is 0 Å². The van der Waals surface area contributed by atoms with E-state index >= 15 is 0 Å². The number of carbonyl (C=O) groups is 1. The number of halogens is 1. The first-order valence-corrected chi connectivity index (χ1v) is 11.1. The Morgan fingerprint density at radius 1 is 1.26 bits per heavy atom. The molecule has 1 amide bonds. The van der Waals surface area contributed by atoms with Crippen LogP contribution in [0.1, 0.15) is 33.6 Å². The van der Waals surface area contributed by atoms with E-state index in [1.54, 1.807) is 29.8 Å². The molecule has 1 fully saturated rings. The lowest BCUT2D eigenvalue weighted by Crippen LogP contribution is -2.44. The molecule has 1 saturated heterocycles. The van der Waals surface area contributed by atoms with Gasteiger partial charge in [0.15, 0.2) is 0 Å². The average molecular weight is 457 g/mol. The lowest BCUT2D eigenvalue weighted by Gasteiger charge is -2.33. The third-order valence-electron chi connectivity index (χ3n) is 5.13. The van der Waals surface area contributed by atoms with Crippen molar-refractivity contribution in [2.45, 2.75) is 25.5 Å². The molecule has 160 valence electrons. The lowest BCUT2D eigenvalue weighted by molar-refractivity contribution is 0.0935. The minimum atomic E-state index is -0.235. The molecule has 3 heterocycles. The third kappa shape index (κ3) is 4.97. The first kappa shape index (κ1) is 21.5. The number of hydrogen-bond donors (Lipinski definition) is 3. The number of anilines is 1. The second-order valence-electron chi connectivity index (χ2n) is 7.22. The Morgan fingerprint density at radius 2 is 2.06 bits per heavy atom. The van der Waals surface area contributed by atoms with Crippen LogP contribution in [-0.2, 0) is 6.61 Å². The number of piperidine rings is 1. The summed E-state index contributed by atoms with van der Waals surface area (Å²) in [4.78, 5) is 24.4. The normalized spacial score (nSPS) is 14.4. The number of amides is 1. The van der Waals surface area contributed by atoms with E-state index in [-0.39, 0.29) is 25.2 Å². The molecule has 0 aliphatic carbocycles. The Balaban J connectivity index is 1.42. The standard InChI is InChI=1S/C22H21ClN4O3S/c23-17-10-18-19(9-15(17)2-1-7-28)26-21(11-24-18)27-5-3-16(4-6-27)25-22(30)20-8-14(12-29)13-31-20/h8-11,13,16,28-29H,3-7,12H2,(H,25,30). The molecule has 0 atom stereocenters. The third-order valence-corrected chi connectivity index (χ3v) is 6.43. The maximum Gasteiger partial charge on any atom is 0.261 e. The fourth-order valence-corrected chi connectivity index (χ4v) is 4.51. The number of carbonyl (C=O) groups excluding carboxylic acids is 1. The summed E-state index contributed by atoms with van der Waals surface area (Å²) in [6, 6.07) is 5.33. The van der Waals surface area contributed by atoms with Gasteiger partial charge in [0.1, 0.15) is 12.4 Å². The van der Waals surface area contributed by atoms with Gasteiger partial charge in [0.05, 0.1) is 33.7 Å². The van der Waals surface area contributed by atoms with Gasteiger partial charge in [-0.3, -0.25) is 9.78 Å². The molecule has 9 heteroatoms. The smallest absolute Gasteiger partial charge is 0.261 e. The summed E-state index contributed by atoms with van der Waals surface area (Å²) in [5, 5.41) is 23.4. The number of nitrogens with zero attached hydrogens (tertiary/aromatic N) is 3. The Kier molecular flexibility index (Phi) is 6.68. The highest BCUT2D eigenvalue weighted by Crippen LogP contribution is 2.25. The molecule has 1 aromatic carbocycles. The van der Waals surface area contributed by atoms with Gasteiger partial charge >= 0.3 is 0 Å². The number of rotatable bonds is 4. The molecule has 0 saturated carbocycles. The predicted octanol–water partition coefficient (Wildman–Crippen LogP) is 2.58. The zero-order valence-electron chi connectivity index (χ0n) is 16.6. The van der Waals surface area contributed by atoms with Crippen molar-refractivity contribution < 1.29 is 15.0 Å². The minimum Gasteiger partial charge on any atom is -0.392 e.